The van der Waals surface area contributed by atoms with Crippen LogP contribution in [0.15, 0.2) is 48.8 Å². The van der Waals surface area contributed by atoms with Crippen molar-refractivity contribution in [3.05, 3.63) is 54.4 Å². The van der Waals surface area contributed by atoms with Crippen LogP contribution < -0.4 is 16.0 Å². The van der Waals surface area contributed by atoms with Gasteiger partial charge < -0.3 is 21.1 Å². The van der Waals surface area contributed by atoms with Crippen molar-refractivity contribution in [3.8, 4) is 17.1 Å². The summed E-state index contributed by atoms with van der Waals surface area (Å²) in [6.07, 6.45) is 6.68. The van der Waals surface area contributed by atoms with Gasteiger partial charge in [-0.2, -0.15) is 15.0 Å². The molecule has 2 heterocycles. The molecule has 0 aliphatic heterocycles. The minimum Gasteiger partial charge on any atom is -0.508 e. The first kappa shape index (κ1) is 21.5. The highest BCUT2D eigenvalue weighted by molar-refractivity contribution is 5.78. The van der Waals surface area contributed by atoms with E-state index in [4.69, 9.17) is 0 Å². The Balaban J connectivity index is 1.33. The standard InChI is InChI=1S/C23H27N7O2/c1-24-22-28-20(17-6-4-12-25-13-17)29-23(30-22)27-18-10-8-15(9-11-18)21(32)26-14-16-5-2-3-7-19(16)31/h2-7,12-13,15,18,31H,8-11,14H2,1H3,(H,26,32)(H2,24,27,28,29,30)/t15-,18+. The van der Waals surface area contributed by atoms with Crippen LogP contribution >= 0.6 is 0 Å². The van der Waals surface area contributed by atoms with Crippen molar-refractivity contribution in [1.82, 2.24) is 25.3 Å². The first-order valence-corrected chi connectivity index (χ1v) is 10.8. The maximum absolute atomic E-state index is 12.6. The Hall–Kier alpha value is -3.75. The lowest BCUT2D eigenvalue weighted by molar-refractivity contribution is -0.126. The highest BCUT2D eigenvalue weighted by Gasteiger charge is 2.27. The van der Waals surface area contributed by atoms with E-state index in [9.17, 15) is 9.90 Å². The second-order valence-electron chi connectivity index (χ2n) is 7.84. The third-order valence-corrected chi connectivity index (χ3v) is 5.65. The summed E-state index contributed by atoms with van der Waals surface area (Å²) in [7, 11) is 1.77. The second-order valence-corrected chi connectivity index (χ2v) is 7.84. The van der Waals surface area contributed by atoms with Crippen LogP contribution in [0.5, 0.6) is 5.75 Å². The van der Waals surface area contributed by atoms with E-state index in [0.717, 1.165) is 36.8 Å². The van der Waals surface area contributed by atoms with Crippen molar-refractivity contribution in [2.24, 2.45) is 5.92 Å². The summed E-state index contributed by atoms with van der Waals surface area (Å²) in [4.78, 5) is 30.1. The number of hydrogen-bond donors (Lipinski definition) is 4. The number of aromatic nitrogens is 4. The molecule has 0 atom stereocenters. The number of benzene rings is 1. The van der Waals surface area contributed by atoms with Gasteiger partial charge in [-0.3, -0.25) is 9.78 Å². The fraction of sp³-hybridized carbons (Fsp3) is 0.348. The Labute approximate surface area is 186 Å². The number of aromatic hydroxyl groups is 1. The van der Waals surface area contributed by atoms with Gasteiger partial charge in [0.2, 0.25) is 17.8 Å². The molecule has 166 valence electrons. The van der Waals surface area contributed by atoms with Gasteiger partial charge in [0, 0.05) is 49.1 Å². The van der Waals surface area contributed by atoms with Crippen LogP contribution in [0.3, 0.4) is 0 Å². The summed E-state index contributed by atoms with van der Waals surface area (Å²) in [6.45, 7) is 0.332. The van der Waals surface area contributed by atoms with Crippen LogP contribution in [0.4, 0.5) is 11.9 Å². The molecular formula is C23H27N7O2. The quantitative estimate of drug-likeness (QED) is 0.448. The van der Waals surface area contributed by atoms with Crippen LogP contribution in [-0.4, -0.2) is 44.0 Å². The normalized spacial score (nSPS) is 18.0. The molecule has 4 N–H and O–H groups in total. The highest BCUT2D eigenvalue weighted by atomic mass is 16.3. The molecule has 1 aromatic carbocycles. The number of nitrogens with one attached hydrogen (secondary N) is 3. The number of anilines is 2. The van der Waals surface area contributed by atoms with Crippen molar-refractivity contribution < 1.29 is 9.90 Å². The molecule has 4 rings (SSSR count). The number of carbonyl (C=O) groups excluding carboxylic acids is 1. The second kappa shape index (κ2) is 10.0. The molecule has 9 heteroatoms. The van der Waals surface area contributed by atoms with E-state index in [-0.39, 0.29) is 23.6 Å². The Morgan fingerprint density at radius 1 is 1.03 bits per heavy atom. The lowest BCUT2D eigenvalue weighted by Gasteiger charge is -2.28. The Morgan fingerprint density at radius 3 is 2.53 bits per heavy atom. The third kappa shape index (κ3) is 5.29. The molecule has 1 aliphatic rings. The number of phenolic OH excluding ortho intramolecular Hbond substituents is 1. The fourth-order valence-electron chi connectivity index (χ4n) is 3.85. The maximum atomic E-state index is 12.6. The number of hydrogen-bond acceptors (Lipinski definition) is 8. The summed E-state index contributed by atoms with van der Waals surface area (Å²) in [5.41, 5.74) is 1.54. The molecule has 0 unspecified atom stereocenters. The van der Waals surface area contributed by atoms with Gasteiger partial charge in [-0.05, 0) is 43.9 Å². The van der Waals surface area contributed by atoms with Gasteiger partial charge >= 0.3 is 0 Å². The van der Waals surface area contributed by atoms with Gasteiger partial charge in [-0.25, -0.2) is 0 Å². The monoisotopic (exact) mass is 433 g/mol. The largest absolute Gasteiger partial charge is 0.508 e. The van der Waals surface area contributed by atoms with Crippen molar-refractivity contribution in [3.63, 3.8) is 0 Å². The number of phenols is 1. The van der Waals surface area contributed by atoms with E-state index in [2.05, 4.69) is 35.9 Å². The molecule has 3 aromatic rings. The van der Waals surface area contributed by atoms with Crippen LogP contribution in [-0.2, 0) is 11.3 Å². The summed E-state index contributed by atoms with van der Waals surface area (Å²) < 4.78 is 0. The number of rotatable bonds is 7. The summed E-state index contributed by atoms with van der Waals surface area (Å²) >= 11 is 0. The lowest BCUT2D eigenvalue weighted by Crippen LogP contribution is -2.35. The molecule has 9 nitrogen and oxygen atoms in total. The van der Waals surface area contributed by atoms with Crippen LogP contribution in [0.25, 0.3) is 11.4 Å². The molecule has 1 fully saturated rings. The van der Waals surface area contributed by atoms with Crippen molar-refractivity contribution in [1.29, 1.82) is 0 Å². The number of carbonyl (C=O) groups is 1. The molecular weight excluding hydrogens is 406 g/mol. The van der Waals surface area contributed by atoms with E-state index in [1.54, 1.807) is 31.6 Å². The molecule has 1 amide bonds. The topological polar surface area (TPSA) is 125 Å². The number of para-hydroxylation sites is 1. The highest BCUT2D eigenvalue weighted by Crippen LogP contribution is 2.27. The fourth-order valence-corrected chi connectivity index (χ4v) is 3.85. The van der Waals surface area contributed by atoms with E-state index < -0.39 is 0 Å². The average Bonchev–Trinajstić information content (AvgIpc) is 2.84. The zero-order chi connectivity index (χ0) is 22.3. The van der Waals surface area contributed by atoms with Gasteiger partial charge in [0.05, 0.1) is 0 Å². The lowest BCUT2D eigenvalue weighted by atomic mass is 9.85. The first-order chi connectivity index (χ1) is 15.6. The summed E-state index contributed by atoms with van der Waals surface area (Å²) in [5, 5.41) is 19.2. The molecule has 32 heavy (non-hydrogen) atoms. The molecule has 1 aliphatic carbocycles. The van der Waals surface area contributed by atoms with Crippen LogP contribution in [0.2, 0.25) is 0 Å². The molecule has 0 radical (unpaired) electrons. The Morgan fingerprint density at radius 2 is 1.81 bits per heavy atom. The maximum Gasteiger partial charge on any atom is 0.228 e. The molecule has 1 saturated carbocycles. The van der Waals surface area contributed by atoms with Gasteiger partial charge in [-0.15, -0.1) is 0 Å². The Kier molecular flexibility index (Phi) is 6.74. The SMILES string of the molecule is CNc1nc(N[C@H]2CC[C@@H](C(=O)NCc3ccccc3O)CC2)nc(-c2cccnc2)n1. The average molecular weight is 434 g/mol. The van der Waals surface area contributed by atoms with E-state index in [1.807, 2.05) is 24.3 Å². The smallest absolute Gasteiger partial charge is 0.228 e. The minimum atomic E-state index is -0.0314. The van der Waals surface area contributed by atoms with Gasteiger partial charge in [0.25, 0.3) is 0 Å². The van der Waals surface area contributed by atoms with Crippen LogP contribution in [0.1, 0.15) is 31.2 Å². The van der Waals surface area contributed by atoms with E-state index in [0.29, 0.717) is 24.3 Å². The molecule has 0 saturated heterocycles. The molecule has 0 bridgehead atoms. The Bertz CT molecular complexity index is 1050. The first-order valence-electron chi connectivity index (χ1n) is 10.8. The van der Waals surface area contributed by atoms with E-state index >= 15 is 0 Å². The zero-order valence-corrected chi connectivity index (χ0v) is 18.0. The van der Waals surface area contributed by atoms with Crippen molar-refractivity contribution in [2.45, 2.75) is 38.3 Å². The van der Waals surface area contributed by atoms with Crippen molar-refractivity contribution in [2.75, 3.05) is 17.7 Å². The van der Waals surface area contributed by atoms with Gasteiger partial charge in [-0.1, -0.05) is 18.2 Å². The van der Waals surface area contributed by atoms with Gasteiger partial charge in [0.15, 0.2) is 5.82 Å². The summed E-state index contributed by atoms with van der Waals surface area (Å²) in [6, 6.07) is 11.0. The number of pyridine rings is 1. The van der Waals surface area contributed by atoms with Crippen molar-refractivity contribution >= 4 is 17.8 Å². The summed E-state index contributed by atoms with van der Waals surface area (Å²) in [5.74, 6) is 1.75. The number of nitrogens with zero attached hydrogens (tertiary/aromatic N) is 4. The third-order valence-electron chi connectivity index (χ3n) is 5.65. The van der Waals surface area contributed by atoms with Crippen LogP contribution in [0, 0.1) is 5.92 Å². The number of amides is 1. The molecule has 2 aromatic heterocycles. The minimum absolute atomic E-state index is 0.0307. The molecule has 0 spiro atoms. The predicted octanol–water partition coefficient (Wildman–Crippen LogP) is 2.97. The predicted molar refractivity (Wildman–Crippen MR) is 122 cm³/mol. The zero-order valence-electron chi connectivity index (χ0n) is 18.0. The van der Waals surface area contributed by atoms with Gasteiger partial charge in [0.1, 0.15) is 5.75 Å². The van der Waals surface area contributed by atoms with E-state index in [1.165, 1.54) is 0 Å².